The number of aliphatic carboxylic acids is 1. The third-order valence-electron chi connectivity index (χ3n) is 3.74. The second-order valence-corrected chi connectivity index (χ2v) is 6.00. The lowest BCUT2D eigenvalue weighted by atomic mass is 10.1. The summed E-state index contributed by atoms with van der Waals surface area (Å²) >= 11 is 5.75. The predicted octanol–water partition coefficient (Wildman–Crippen LogP) is 2.89. The Morgan fingerprint density at radius 1 is 1.43 bits per heavy atom. The maximum atomic E-state index is 13.7. The normalized spacial score (nSPS) is 24.0. The van der Waals surface area contributed by atoms with Gasteiger partial charge >= 0.3 is 6.11 Å². The van der Waals surface area contributed by atoms with Crippen LogP contribution in [0.1, 0.15) is 13.8 Å². The molecule has 0 heterocycles. The van der Waals surface area contributed by atoms with Gasteiger partial charge in [-0.05, 0) is 23.5 Å². The summed E-state index contributed by atoms with van der Waals surface area (Å²) in [5.74, 6) is -2.63. The summed E-state index contributed by atoms with van der Waals surface area (Å²) in [6.45, 7) is 3.38. The lowest BCUT2D eigenvalue weighted by molar-refractivity contribution is -0.309. The van der Waals surface area contributed by atoms with Gasteiger partial charge in [0.15, 0.2) is 0 Å². The van der Waals surface area contributed by atoms with Crippen molar-refractivity contribution in [3.05, 3.63) is 41.4 Å². The fourth-order valence-electron chi connectivity index (χ4n) is 2.41. The quantitative estimate of drug-likeness (QED) is 0.785. The molecule has 0 aromatic heterocycles. The number of hydrogen-bond acceptors (Lipinski definition) is 3. The van der Waals surface area contributed by atoms with Crippen molar-refractivity contribution in [1.29, 1.82) is 0 Å². The summed E-state index contributed by atoms with van der Waals surface area (Å²) in [4.78, 5) is 10.9. The van der Waals surface area contributed by atoms with E-state index in [4.69, 9.17) is 11.6 Å². The number of halogens is 3. The number of para-hydroxylation sites is 1. The van der Waals surface area contributed by atoms with Crippen molar-refractivity contribution in [3.8, 4) is 5.75 Å². The second-order valence-electron chi connectivity index (χ2n) is 5.60. The molecule has 0 bridgehead atoms. The summed E-state index contributed by atoms with van der Waals surface area (Å²) in [5.41, 5.74) is -0.587. The van der Waals surface area contributed by atoms with E-state index in [1.165, 1.54) is 18.2 Å². The van der Waals surface area contributed by atoms with Crippen molar-refractivity contribution in [2.75, 3.05) is 0 Å². The summed E-state index contributed by atoms with van der Waals surface area (Å²) < 4.78 is 32.0. The Morgan fingerprint density at radius 3 is 2.57 bits per heavy atom. The molecule has 0 spiro atoms. The third kappa shape index (κ3) is 3.35. The van der Waals surface area contributed by atoms with Crippen LogP contribution < -0.4 is 9.84 Å². The average Bonchev–Trinajstić information content (AvgIpc) is 2.92. The number of allylic oxidation sites excluding steroid dienone is 1. The molecule has 1 aliphatic carbocycles. The minimum absolute atomic E-state index is 0.0740. The zero-order valence-electron chi connectivity index (χ0n) is 11.5. The summed E-state index contributed by atoms with van der Waals surface area (Å²) in [6.07, 6.45) is -1.84. The topological polar surface area (TPSA) is 49.4 Å². The van der Waals surface area contributed by atoms with E-state index in [9.17, 15) is 18.7 Å². The van der Waals surface area contributed by atoms with Gasteiger partial charge in [0.25, 0.3) is 0 Å². The molecule has 1 saturated carbocycles. The zero-order chi connectivity index (χ0) is 15.8. The maximum absolute atomic E-state index is 13.7. The Balaban J connectivity index is 2.07. The van der Waals surface area contributed by atoms with E-state index in [1.807, 2.05) is 0 Å². The number of carbonyl (C=O) groups is 1. The molecular formula is C15H14ClF2O3-. The number of ether oxygens (including phenoxy) is 1. The van der Waals surface area contributed by atoms with Crippen LogP contribution in [-0.4, -0.2) is 12.1 Å². The van der Waals surface area contributed by atoms with E-state index in [0.29, 0.717) is 6.08 Å². The highest BCUT2D eigenvalue weighted by atomic mass is 35.5. The molecule has 0 amide bonds. The molecule has 2 unspecified atom stereocenters. The van der Waals surface area contributed by atoms with Crippen LogP contribution in [0, 0.1) is 17.3 Å². The number of alkyl halides is 2. The van der Waals surface area contributed by atoms with Gasteiger partial charge in [0.2, 0.25) is 0 Å². The van der Waals surface area contributed by atoms with Gasteiger partial charge in [-0.3, -0.25) is 0 Å². The molecule has 21 heavy (non-hydrogen) atoms. The van der Waals surface area contributed by atoms with Crippen LogP contribution in [-0.2, 0) is 4.79 Å². The molecule has 114 valence electrons. The molecule has 2 atom stereocenters. The molecule has 1 aromatic carbocycles. The second kappa shape index (κ2) is 5.30. The van der Waals surface area contributed by atoms with Gasteiger partial charge in [-0.25, -0.2) is 0 Å². The first kappa shape index (κ1) is 15.8. The molecule has 0 saturated heterocycles. The Morgan fingerprint density at radius 2 is 2.05 bits per heavy atom. The van der Waals surface area contributed by atoms with Crippen molar-refractivity contribution in [3.63, 3.8) is 0 Å². The summed E-state index contributed by atoms with van der Waals surface area (Å²) in [7, 11) is 0. The number of carboxylic acid groups (broad SMARTS) is 1. The minimum atomic E-state index is -3.57. The van der Waals surface area contributed by atoms with Crippen molar-refractivity contribution in [2.45, 2.75) is 20.0 Å². The van der Waals surface area contributed by atoms with Gasteiger partial charge in [-0.1, -0.05) is 43.7 Å². The van der Waals surface area contributed by atoms with Crippen molar-refractivity contribution in [1.82, 2.24) is 0 Å². The van der Waals surface area contributed by atoms with Crippen LogP contribution in [0.3, 0.4) is 0 Å². The highest BCUT2D eigenvalue weighted by Crippen LogP contribution is 2.58. The molecule has 1 aliphatic rings. The Bertz CT molecular complexity index is 584. The largest absolute Gasteiger partial charge is 0.550 e. The summed E-state index contributed by atoms with van der Waals surface area (Å²) in [5, 5.41) is 10.9. The highest BCUT2D eigenvalue weighted by molar-refractivity contribution is 6.32. The van der Waals surface area contributed by atoms with E-state index in [1.54, 1.807) is 19.9 Å². The third-order valence-corrected chi connectivity index (χ3v) is 4.06. The van der Waals surface area contributed by atoms with Crippen molar-refractivity contribution >= 4 is 17.6 Å². The predicted molar refractivity (Wildman–Crippen MR) is 71.9 cm³/mol. The van der Waals surface area contributed by atoms with Gasteiger partial charge in [0, 0.05) is 18.0 Å². The number of hydrogen-bond donors (Lipinski definition) is 0. The molecule has 2 rings (SSSR count). The Labute approximate surface area is 126 Å². The molecule has 0 radical (unpaired) electrons. The molecular weight excluding hydrogens is 302 g/mol. The Hall–Kier alpha value is -1.62. The molecule has 0 aliphatic heterocycles. The van der Waals surface area contributed by atoms with Gasteiger partial charge in [0.1, 0.15) is 5.75 Å². The van der Waals surface area contributed by atoms with Crippen LogP contribution in [0.25, 0.3) is 0 Å². The van der Waals surface area contributed by atoms with Crippen LogP contribution >= 0.6 is 11.6 Å². The van der Waals surface area contributed by atoms with Gasteiger partial charge < -0.3 is 14.6 Å². The van der Waals surface area contributed by atoms with Gasteiger partial charge in [-0.15, -0.1) is 0 Å². The van der Waals surface area contributed by atoms with Gasteiger partial charge in [0.05, 0.1) is 5.02 Å². The van der Waals surface area contributed by atoms with Crippen LogP contribution in [0.4, 0.5) is 8.78 Å². The van der Waals surface area contributed by atoms with E-state index < -0.39 is 29.3 Å². The Kier molecular flexibility index (Phi) is 3.97. The van der Waals surface area contributed by atoms with Gasteiger partial charge in [-0.2, -0.15) is 8.78 Å². The SMILES string of the molecule is CC1(C)C(C=CC(F)(F)Oc2ccccc2Cl)C1C(=O)[O-]. The molecule has 6 heteroatoms. The maximum Gasteiger partial charge on any atom is 0.419 e. The number of carboxylic acids is 1. The molecule has 1 fully saturated rings. The fraction of sp³-hybridized carbons (Fsp3) is 0.400. The fourth-order valence-corrected chi connectivity index (χ4v) is 2.59. The van der Waals surface area contributed by atoms with Crippen LogP contribution in [0.2, 0.25) is 5.02 Å². The number of rotatable bonds is 5. The van der Waals surface area contributed by atoms with Crippen molar-refractivity contribution < 1.29 is 23.4 Å². The van der Waals surface area contributed by atoms with E-state index in [-0.39, 0.29) is 10.8 Å². The smallest absolute Gasteiger partial charge is 0.419 e. The molecule has 0 N–H and O–H groups in total. The first-order valence-electron chi connectivity index (χ1n) is 6.37. The molecule has 1 aromatic rings. The number of carbonyl (C=O) groups excluding carboxylic acids is 1. The lowest BCUT2D eigenvalue weighted by Gasteiger charge is -2.15. The first-order chi connectivity index (χ1) is 9.65. The number of benzene rings is 1. The molecule has 3 nitrogen and oxygen atoms in total. The lowest BCUT2D eigenvalue weighted by Crippen LogP contribution is -2.26. The first-order valence-corrected chi connectivity index (χ1v) is 6.74. The monoisotopic (exact) mass is 315 g/mol. The average molecular weight is 316 g/mol. The van der Waals surface area contributed by atoms with Crippen LogP contribution in [0.5, 0.6) is 5.75 Å². The van der Waals surface area contributed by atoms with E-state index in [0.717, 1.165) is 6.08 Å². The van der Waals surface area contributed by atoms with Crippen LogP contribution in [0.15, 0.2) is 36.4 Å². The van der Waals surface area contributed by atoms with E-state index in [2.05, 4.69) is 4.74 Å². The zero-order valence-corrected chi connectivity index (χ0v) is 12.2. The van der Waals surface area contributed by atoms with Crippen molar-refractivity contribution in [2.24, 2.45) is 17.3 Å². The highest BCUT2D eigenvalue weighted by Gasteiger charge is 2.57. The standard InChI is InChI=1S/C15H15ClF2O3/c1-14(2)9(12(14)13(19)20)7-8-15(17,18)21-11-6-4-3-5-10(11)16/h3-9,12H,1-2H3,(H,19,20)/p-1. The van der Waals surface area contributed by atoms with E-state index >= 15 is 0 Å². The summed E-state index contributed by atoms with van der Waals surface area (Å²) in [6, 6.07) is 5.89. The minimum Gasteiger partial charge on any atom is -0.550 e.